The largest absolute Gasteiger partial charge is 0.356 e. The lowest BCUT2D eigenvalue weighted by atomic mass is 9.92. The number of amides is 2. The Hall–Kier alpha value is -1.65. The molecule has 0 aromatic rings. The van der Waals surface area contributed by atoms with Crippen molar-refractivity contribution in [2.75, 3.05) is 6.54 Å². The lowest BCUT2D eigenvalue weighted by Crippen LogP contribution is -2.35. The van der Waals surface area contributed by atoms with E-state index in [0.29, 0.717) is 24.9 Å². The van der Waals surface area contributed by atoms with Gasteiger partial charge in [-0.05, 0) is 26.7 Å². The molecule has 0 bridgehead atoms. The minimum atomic E-state index is -0.371. The molecule has 5 heteroatoms. The minimum Gasteiger partial charge on any atom is -0.356 e. The van der Waals surface area contributed by atoms with Gasteiger partial charge in [-0.2, -0.15) is 0 Å². The third-order valence-electron chi connectivity index (χ3n) is 3.05. The molecular weight excluding hydrogens is 220 g/mol. The molecule has 1 aliphatic heterocycles. The molecule has 0 radical (unpaired) electrons. The molecular formula is C12H18N2O3. The second-order valence-electron chi connectivity index (χ2n) is 4.15. The fourth-order valence-electron chi connectivity index (χ4n) is 2.17. The molecule has 0 aromatic carbocycles. The molecule has 0 aromatic heterocycles. The second kappa shape index (κ2) is 6.18. The maximum absolute atomic E-state index is 11.5. The number of carbonyl (C=O) groups excluding carboxylic acids is 3. The molecule has 0 spiro atoms. The summed E-state index contributed by atoms with van der Waals surface area (Å²) in [6.45, 7) is 3.89. The molecule has 5 nitrogen and oxygen atoms in total. The van der Waals surface area contributed by atoms with Crippen LogP contribution in [0.15, 0.2) is 11.6 Å². The Kier molecular flexibility index (Phi) is 4.87. The van der Waals surface area contributed by atoms with Crippen molar-refractivity contribution in [3.8, 4) is 0 Å². The van der Waals surface area contributed by atoms with E-state index in [4.69, 9.17) is 0 Å². The number of Topliss-reactive ketones (excluding diaryl/α,β-unsaturated/α-hetero) is 1. The van der Waals surface area contributed by atoms with E-state index in [1.165, 1.54) is 6.92 Å². The number of rotatable bonds is 6. The average Bonchev–Trinajstić information content (AvgIpc) is 2.65. The summed E-state index contributed by atoms with van der Waals surface area (Å²) in [4.78, 5) is 33.4. The first-order valence-corrected chi connectivity index (χ1v) is 5.74. The molecule has 2 atom stereocenters. The van der Waals surface area contributed by atoms with Crippen LogP contribution in [0, 0.1) is 5.92 Å². The highest BCUT2D eigenvalue weighted by Crippen LogP contribution is 2.20. The molecule has 0 saturated carbocycles. The summed E-state index contributed by atoms with van der Waals surface area (Å²) >= 11 is 0. The Morgan fingerprint density at radius 1 is 1.65 bits per heavy atom. The zero-order chi connectivity index (χ0) is 12.8. The van der Waals surface area contributed by atoms with Gasteiger partial charge < -0.3 is 10.6 Å². The van der Waals surface area contributed by atoms with E-state index < -0.39 is 0 Å². The molecule has 1 heterocycles. The zero-order valence-corrected chi connectivity index (χ0v) is 10.2. The van der Waals surface area contributed by atoms with Gasteiger partial charge in [0.25, 0.3) is 0 Å². The molecule has 94 valence electrons. The van der Waals surface area contributed by atoms with Crippen molar-refractivity contribution < 1.29 is 14.4 Å². The standard InChI is InChI=1S/C12H18N2O3/c1-3-10(8(2)16)11(14-7-15)6-9-4-5-13-12(9)17/h3,7,9,11H,4-6H2,1-2H3,(H,13,17)(H,14,15)/b10-3+. The molecule has 0 aliphatic carbocycles. The summed E-state index contributed by atoms with van der Waals surface area (Å²) < 4.78 is 0. The van der Waals surface area contributed by atoms with Gasteiger partial charge in [-0.1, -0.05) is 6.08 Å². The molecule has 2 unspecified atom stereocenters. The van der Waals surface area contributed by atoms with Crippen LogP contribution >= 0.6 is 0 Å². The number of nitrogens with one attached hydrogen (secondary N) is 2. The maximum Gasteiger partial charge on any atom is 0.223 e. The van der Waals surface area contributed by atoms with Gasteiger partial charge in [0.05, 0.1) is 6.04 Å². The van der Waals surface area contributed by atoms with Crippen LogP contribution in [0.1, 0.15) is 26.7 Å². The van der Waals surface area contributed by atoms with Crippen molar-refractivity contribution in [1.29, 1.82) is 0 Å². The highest BCUT2D eigenvalue weighted by molar-refractivity contribution is 5.95. The van der Waals surface area contributed by atoms with E-state index in [0.717, 1.165) is 6.42 Å². The van der Waals surface area contributed by atoms with Crippen LogP contribution in [0.3, 0.4) is 0 Å². The zero-order valence-electron chi connectivity index (χ0n) is 10.2. The van der Waals surface area contributed by atoms with Crippen molar-refractivity contribution in [1.82, 2.24) is 10.6 Å². The second-order valence-corrected chi connectivity index (χ2v) is 4.15. The van der Waals surface area contributed by atoms with Crippen LogP contribution < -0.4 is 10.6 Å². The molecule has 2 N–H and O–H groups in total. The third-order valence-corrected chi connectivity index (χ3v) is 3.05. The SMILES string of the molecule is C/C=C(\C(C)=O)C(CC1CCNC1=O)NC=O. The first-order chi connectivity index (χ1) is 8.10. The summed E-state index contributed by atoms with van der Waals surface area (Å²) in [7, 11) is 0. The first kappa shape index (κ1) is 13.4. The quantitative estimate of drug-likeness (QED) is 0.511. The number of ketones is 1. The molecule has 1 rings (SSSR count). The lowest BCUT2D eigenvalue weighted by Gasteiger charge is -2.20. The number of carbonyl (C=O) groups is 3. The third kappa shape index (κ3) is 3.41. The van der Waals surface area contributed by atoms with Crippen molar-refractivity contribution >= 4 is 18.1 Å². The van der Waals surface area contributed by atoms with Gasteiger partial charge >= 0.3 is 0 Å². The topological polar surface area (TPSA) is 75.3 Å². The highest BCUT2D eigenvalue weighted by Gasteiger charge is 2.29. The lowest BCUT2D eigenvalue weighted by molar-refractivity contribution is -0.123. The van der Waals surface area contributed by atoms with Crippen LogP contribution in [-0.2, 0) is 14.4 Å². The summed E-state index contributed by atoms with van der Waals surface area (Å²) in [6, 6.07) is -0.371. The minimum absolute atomic E-state index is 0.00158. The van der Waals surface area contributed by atoms with E-state index in [1.807, 2.05) is 0 Å². The monoisotopic (exact) mass is 238 g/mol. The van der Waals surface area contributed by atoms with E-state index >= 15 is 0 Å². The fourth-order valence-corrected chi connectivity index (χ4v) is 2.17. The van der Waals surface area contributed by atoms with Gasteiger partial charge in [-0.3, -0.25) is 14.4 Å². The normalized spacial score (nSPS) is 21.9. The van der Waals surface area contributed by atoms with Crippen molar-refractivity contribution in [3.63, 3.8) is 0 Å². The van der Waals surface area contributed by atoms with Crippen LogP contribution in [0.2, 0.25) is 0 Å². The smallest absolute Gasteiger partial charge is 0.223 e. The van der Waals surface area contributed by atoms with Gasteiger partial charge in [-0.25, -0.2) is 0 Å². The van der Waals surface area contributed by atoms with Crippen LogP contribution in [0.4, 0.5) is 0 Å². The van der Waals surface area contributed by atoms with Gasteiger partial charge in [0, 0.05) is 18.0 Å². The maximum atomic E-state index is 11.5. The first-order valence-electron chi connectivity index (χ1n) is 5.74. The van der Waals surface area contributed by atoms with Gasteiger partial charge in [0.2, 0.25) is 12.3 Å². The van der Waals surface area contributed by atoms with Crippen LogP contribution in [-0.4, -0.2) is 30.7 Å². The van der Waals surface area contributed by atoms with Gasteiger partial charge in [0.1, 0.15) is 0 Å². The Bertz CT molecular complexity index is 350. The van der Waals surface area contributed by atoms with Crippen LogP contribution in [0.25, 0.3) is 0 Å². The molecule has 2 amide bonds. The predicted molar refractivity (Wildman–Crippen MR) is 63.2 cm³/mol. The highest BCUT2D eigenvalue weighted by atomic mass is 16.2. The number of hydrogen-bond acceptors (Lipinski definition) is 3. The number of allylic oxidation sites excluding steroid dienone is 1. The summed E-state index contributed by atoms with van der Waals surface area (Å²) in [5.74, 6) is -0.200. The van der Waals surface area contributed by atoms with Crippen molar-refractivity contribution in [2.24, 2.45) is 5.92 Å². The van der Waals surface area contributed by atoms with Crippen LogP contribution in [0.5, 0.6) is 0 Å². The van der Waals surface area contributed by atoms with Crippen molar-refractivity contribution in [3.05, 3.63) is 11.6 Å². The number of hydrogen-bond donors (Lipinski definition) is 2. The van der Waals surface area contributed by atoms with E-state index in [-0.39, 0.29) is 23.7 Å². The van der Waals surface area contributed by atoms with E-state index in [9.17, 15) is 14.4 Å². The Morgan fingerprint density at radius 2 is 2.35 bits per heavy atom. The van der Waals surface area contributed by atoms with E-state index in [1.54, 1.807) is 13.0 Å². The molecule has 1 fully saturated rings. The van der Waals surface area contributed by atoms with Gasteiger partial charge in [-0.15, -0.1) is 0 Å². The average molecular weight is 238 g/mol. The molecule has 17 heavy (non-hydrogen) atoms. The molecule has 1 aliphatic rings. The van der Waals surface area contributed by atoms with Crippen molar-refractivity contribution in [2.45, 2.75) is 32.7 Å². The summed E-state index contributed by atoms with van der Waals surface area (Å²) in [5, 5.41) is 5.36. The Morgan fingerprint density at radius 3 is 2.76 bits per heavy atom. The fraction of sp³-hybridized carbons (Fsp3) is 0.583. The Balaban J connectivity index is 2.74. The summed E-state index contributed by atoms with van der Waals surface area (Å²) in [6.07, 6.45) is 3.49. The Labute approximate surface area is 101 Å². The van der Waals surface area contributed by atoms with E-state index in [2.05, 4.69) is 10.6 Å². The van der Waals surface area contributed by atoms with Gasteiger partial charge in [0.15, 0.2) is 5.78 Å². The predicted octanol–water partition coefficient (Wildman–Crippen LogP) is 0.162. The summed E-state index contributed by atoms with van der Waals surface area (Å²) in [5.41, 5.74) is 0.553. The molecule has 1 saturated heterocycles.